The Hall–Kier alpha value is -2.86. The smallest absolute Gasteiger partial charge is 0.242 e. The summed E-state index contributed by atoms with van der Waals surface area (Å²) in [5.41, 5.74) is -0.231. The van der Waals surface area contributed by atoms with Gasteiger partial charge in [0.25, 0.3) is 0 Å². The number of piperazine rings is 1. The van der Waals surface area contributed by atoms with Crippen LogP contribution in [0.3, 0.4) is 0 Å². The molecule has 0 unspecified atom stereocenters. The van der Waals surface area contributed by atoms with Crippen LogP contribution in [0.25, 0.3) is 16.3 Å². The van der Waals surface area contributed by atoms with E-state index < -0.39 is 33.7 Å². The molecule has 218 valence electrons. The van der Waals surface area contributed by atoms with Gasteiger partial charge in [0.2, 0.25) is 15.9 Å². The van der Waals surface area contributed by atoms with E-state index in [2.05, 4.69) is 26.0 Å². The average molecular weight is 621 g/mol. The van der Waals surface area contributed by atoms with Crippen molar-refractivity contribution in [3.63, 3.8) is 0 Å². The number of hydrogen-bond donors (Lipinski definition) is 1. The molecule has 0 aromatic carbocycles. The van der Waals surface area contributed by atoms with Crippen molar-refractivity contribution in [3.05, 3.63) is 22.4 Å². The van der Waals surface area contributed by atoms with Gasteiger partial charge >= 0.3 is 0 Å². The summed E-state index contributed by atoms with van der Waals surface area (Å²) in [5.74, 6) is -0.0997. The molecule has 15 heteroatoms. The van der Waals surface area contributed by atoms with Gasteiger partial charge in [0.05, 0.1) is 17.8 Å². The van der Waals surface area contributed by atoms with Crippen LogP contribution in [0, 0.1) is 17.2 Å². The second-order valence-corrected chi connectivity index (χ2v) is 14.7. The minimum Gasteiger partial charge on any atom is -0.366 e. The number of fused-ring (bicyclic) bond motifs is 1. The largest absolute Gasteiger partial charge is 0.366 e. The van der Waals surface area contributed by atoms with Gasteiger partial charge in [0.1, 0.15) is 27.5 Å². The summed E-state index contributed by atoms with van der Waals surface area (Å²) < 4.78 is 45.8. The lowest BCUT2D eigenvalue weighted by atomic mass is 10.1. The van der Waals surface area contributed by atoms with Crippen molar-refractivity contribution < 1.29 is 17.6 Å². The predicted octanol–water partition coefficient (Wildman–Crippen LogP) is 3.53. The lowest BCUT2D eigenvalue weighted by Crippen LogP contribution is -2.57. The van der Waals surface area contributed by atoms with Gasteiger partial charge in [-0.3, -0.25) is 9.20 Å². The first-order valence-electron chi connectivity index (χ1n) is 13.5. The van der Waals surface area contributed by atoms with Gasteiger partial charge in [-0.1, -0.05) is 36.8 Å². The molecule has 2 aliphatic carbocycles. The van der Waals surface area contributed by atoms with Gasteiger partial charge in [-0.2, -0.15) is 5.26 Å². The van der Waals surface area contributed by atoms with Crippen molar-refractivity contribution in [1.82, 2.24) is 29.2 Å². The second kappa shape index (κ2) is 9.86. The number of carbonyl (C=O) groups is 1. The molecule has 3 aliphatic rings. The minimum atomic E-state index is -3.95. The Morgan fingerprint density at radius 2 is 2.02 bits per heavy atom. The van der Waals surface area contributed by atoms with Crippen LogP contribution in [0.2, 0.25) is 5.15 Å². The van der Waals surface area contributed by atoms with E-state index in [4.69, 9.17) is 11.6 Å². The quantitative estimate of drug-likeness (QED) is 0.404. The fraction of sp³-hybridized carbons (Fsp3) is 0.577. The Morgan fingerprint density at radius 1 is 1.29 bits per heavy atom. The molecule has 2 saturated carbocycles. The van der Waals surface area contributed by atoms with Crippen LogP contribution in [0.1, 0.15) is 51.5 Å². The van der Waals surface area contributed by atoms with E-state index in [1.807, 2.05) is 11.8 Å². The maximum atomic E-state index is 14.2. The highest BCUT2D eigenvalue weighted by atomic mass is 35.5. The predicted molar refractivity (Wildman–Crippen MR) is 152 cm³/mol. The molecule has 1 atom stereocenters. The van der Waals surface area contributed by atoms with E-state index in [1.165, 1.54) is 23.6 Å². The molecule has 0 radical (unpaired) electrons. The van der Waals surface area contributed by atoms with Crippen molar-refractivity contribution >= 4 is 50.1 Å². The summed E-state index contributed by atoms with van der Waals surface area (Å²) in [7, 11) is -3.95. The third kappa shape index (κ3) is 4.96. The SMILES string of the molecule is CC(C)C(=O)N1CCN(c2cc(S(=O)(=O)NC3(C)CC3)cn3c(-c4nnc(C5(C#N)CC5)s4)nc(Cl)c23)C[C@H]1CF. The fourth-order valence-corrected chi connectivity index (χ4v) is 7.95. The molecule has 3 fully saturated rings. The maximum absolute atomic E-state index is 14.2. The van der Waals surface area contributed by atoms with Crippen molar-refractivity contribution in [3.8, 4) is 16.9 Å². The number of amides is 1. The van der Waals surface area contributed by atoms with Crippen LogP contribution in [0.5, 0.6) is 0 Å². The number of nitrogens with one attached hydrogen (secondary N) is 1. The van der Waals surface area contributed by atoms with Crippen LogP contribution in [0.15, 0.2) is 17.2 Å². The normalized spacial score (nSPS) is 21.3. The number of sulfonamides is 1. The summed E-state index contributed by atoms with van der Waals surface area (Å²) in [6, 6.07) is 3.15. The molecular formula is C26H30ClFN8O3S2. The molecule has 4 heterocycles. The van der Waals surface area contributed by atoms with Gasteiger partial charge in [-0.05, 0) is 38.7 Å². The van der Waals surface area contributed by atoms with E-state index in [0.717, 1.165) is 12.8 Å². The summed E-state index contributed by atoms with van der Waals surface area (Å²) in [4.78, 5) is 20.7. The van der Waals surface area contributed by atoms with Gasteiger partial charge in [0, 0.05) is 37.3 Å². The number of halogens is 2. The highest BCUT2D eigenvalue weighted by Crippen LogP contribution is 2.49. The minimum absolute atomic E-state index is 0.00125. The number of imidazole rings is 1. The topological polar surface area (TPSA) is 137 Å². The highest BCUT2D eigenvalue weighted by molar-refractivity contribution is 7.89. The zero-order chi connectivity index (χ0) is 29.3. The first kappa shape index (κ1) is 28.3. The molecule has 0 spiro atoms. The second-order valence-electron chi connectivity index (χ2n) is 11.7. The summed E-state index contributed by atoms with van der Waals surface area (Å²) in [6.07, 6.45) is 4.35. The number of rotatable bonds is 8. The van der Waals surface area contributed by atoms with Gasteiger partial charge in [0.15, 0.2) is 16.0 Å². The summed E-state index contributed by atoms with van der Waals surface area (Å²) in [6.45, 7) is 5.46. The van der Waals surface area contributed by atoms with Gasteiger partial charge in [-0.25, -0.2) is 22.5 Å². The number of anilines is 1. The van der Waals surface area contributed by atoms with Crippen LogP contribution < -0.4 is 9.62 Å². The standard InChI is InChI=1S/C26H30ClFN8O3S2/c1-15(2)23(37)35-9-8-34(12-16(35)11-28)18-10-17(41(38,39)33-25(3)4-5-25)13-36-19(18)20(27)30-21(36)22-31-32-24(40-22)26(14-29)6-7-26/h10,13,15-16,33H,4-9,11-12H2,1-3H3/t16-/m1/s1. The molecule has 0 bridgehead atoms. The molecule has 1 N–H and O–H groups in total. The lowest BCUT2D eigenvalue weighted by molar-refractivity contribution is -0.137. The van der Waals surface area contributed by atoms with Crippen LogP contribution in [0.4, 0.5) is 10.1 Å². The van der Waals surface area contributed by atoms with Crippen LogP contribution >= 0.6 is 22.9 Å². The number of alkyl halides is 1. The summed E-state index contributed by atoms with van der Waals surface area (Å²) >= 11 is 7.94. The average Bonchev–Trinajstić information content (AvgIpc) is 3.80. The zero-order valence-electron chi connectivity index (χ0n) is 22.9. The molecule has 3 aromatic heterocycles. The molecule has 6 rings (SSSR count). The number of nitriles is 1. The Bertz CT molecular complexity index is 1690. The Balaban J connectivity index is 1.47. The number of hydrogen-bond acceptors (Lipinski definition) is 9. The first-order chi connectivity index (χ1) is 19.4. The zero-order valence-corrected chi connectivity index (χ0v) is 25.3. The van der Waals surface area contributed by atoms with Crippen molar-refractivity contribution in [2.75, 3.05) is 31.2 Å². The van der Waals surface area contributed by atoms with Crippen LogP contribution in [-0.2, 0) is 20.2 Å². The molecule has 11 nitrogen and oxygen atoms in total. The Labute approximate surface area is 246 Å². The number of pyridine rings is 1. The van der Waals surface area contributed by atoms with Crippen molar-refractivity contribution in [2.24, 2.45) is 5.92 Å². The molecule has 3 aromatic rings. The molecular weight excluding hydrogens is 591 g/mol. The third-order valence-corrected chi connectivity index (χ3v) is 11.1. The summed E-state index contributed by atoms with van der Waals surface area (Å²) in [5, 5.41) is 19.3. The van der Waals surface area contributed by atoms with Crippen LogP contribution in [-0.4, -0.2) is 76.7 Å². The van der Waals surface area contributed by atoms with Crippen molar-refractivity contribution in [1.29, 1.82) is 5.26 Å². The van der Waals surface area contributed by atoms with Gasteiger partial charge in [-0.15, -0.1) is 10.2 Å². The van der Waals surface area contributed by atoms with E-state index in [-0.39, 0.29) is 35.0 Å². The van der Waals surface area contributed by atoms with Gasteiger partial charge < -0.3 is 9.80 Å². The first-order valence-corrected chi connectivity index (χ1v) is 16.2. The molecule has 1 aliphatic heterocycles. The maximum Gasteiger partial charge on any atom is 0.242 e. The molecule has 1 saturated heterocycles. The van der Waals surface area contributed by atoms with Crippen molar-refractivity contribution in [2.45, 2.75) is 68.3 Å². The third-order valence-electron chi connectivity index (χ3n) is 8.11. The number of carbonyl (C=O) groups excluding carboxylic acids is 1. The lowest BCUT2D eigenvalue weighted by Gasteiger charge is -2.42. The number of aromatic nitrogens is 4. The fourth-order valence-electron chi connectivity index (χ4n) is 5.17. The molecule has 1 amide bonds. The number of nitrogens with zero attached hydrogens (tertiary/aromatic N) is 7. The highest BCUT2D eigenvalue weighted by Gasteiger charge is 2.48. The monoisotopic (exact) mass is 620 g/mol. The van der Waals surface area contributed by atoms with E-state index >= 15 is 0 Å². The van der Waals surface area contributed by atoms with E-state index in [1.54, 1.807) is 23.1 Å². The van der Waals surface area contributed by atoms with E-state index in [9.17, 15) is 22.9 Å². The Kier molecular flexibility index (Phi) is 6.80. The van der Waals surface area contributed by atoms with E-state index in [0.29, 0.717) is 46.4 Å². The Morgan fingerprint density at radius 3 is 2.63 bits per heavy atom. The molecule has 41 heavy (non-hydrogen) atoms.